The fourth-order valence-corrected chi connectivity index (χ4v) is 4.91. The van der Waals surface area contributed by atoms with E-state index in [2.05, 4.69) is 19.1 Å². The fourth-order valence-electron chi connectivity index (χ4n) is 4.91. The standard InChI is InChI=1S/C23H30O4/c1-16(25)27-22-11-10-21-20-9-8-17(13-18(20)15-24)14-19(26)7-5-3-4-6-12-23(21,22)2/h3-4,8-9,13,15,19,21-22,26H,5-7,10-12,14H2,1-2H3/b4-3-/t19-,21-,22-,23-/m0/s1. The highest BCUT2D eigenvalue weighted by Gasteiger charge is 2.49. The van der Waals surface area contributed by atoms with E-state index in [-0.39, 0.29) is 23.4 Å². The van der Waals surface area contributed by atoms with Crippen LogP contribution in [0.15, 0.2) is 30.4 Å². The molecule has 0 amide bonds. The van der Waals surface area contributed by atoms with Gasteiger partial charge in [0, 0.05) is 17.9 Å². The molecular formula is C23H30O4. The molecule has 1 N–H and O–H groups in total. The number of aliphatic hydroxyl groups excluding tert-OH is 1. The van der Waals surface area contributed by atoms with E-state index < -0.39 is 6.10 Å². The third kappa shape index (κ3) is 4.32. The van der Waals surface area contributed by atoms with Crippen LogP contribution in [0.2, 0.25) is 0 Å². The maximum absolute atomic E-state index is 11.8. The van der Waals surface area contributed by atoms with Crippen molar-refractivity contribution in [2.75, 3.05) is 0 Å². The third-order valence-corrected chi connectivity index (χ3v) is 6.37. The summed E-state index contributed by atoms with van der Waals surface area (Å²) in [7, 11) is 0. The van der Waals surface area contributed by atoms with Gasteiger partial charge in [-0.1, -0.05) is 31.2 Å². The van der Waals surface area contributed by atoms with Crippen LogP contribution in [-0.2, 0) is 16.0 Å². The molecule has 1 aromatic rings. The van der Waals surface area contributed by atoms with Crippen molar-refractivity contribution in [3.8, 4) is 0 Å². The molecule has 3 aliphatic carbocycles. The van der Waals surface area contributed by atoms with Crippen molar-refractivity contribution in [1.82, 2.24) is 0 Å². The molecule has 0 unspecified atom stereocenters. The molecule has 1 aromatic carbocycles. The first-order chi connectivity index (χ1) is 12.9. The zero-order valence-corrected chi connectivity index (χ0v) is 16.3. The average Bonchev–Trinajstić information content (AvgIpc) is 2.93. The molecule has 0 aromatic heterocycles. The number of hydrogen-bond acceptors (Lipinski definition) is 4. The van der Waals surface area contributed by atoms with Gasteiger partial charge >= 0.3 is 5.97 Å². The number of allylic oxidation sites excluding steroid dienone is 2. The van der Waals surface area contributed by atoms with Crippen LogP contribution in [0.1, 0.15) is 79.8 Å². The highest BCUT2D eigenvalue weighted by Crippen LogP contribution is 2.54. The molecule has 27 heavy (non-hydrogen) atoms. The molecule has 1 fully saturated rings. The second-order valence-electron chi connectivity index (χ2n) is 8.26. The van der Waals surface area contributed by atoms with E-state index in [1.165, 1.54) is 6.92 Å². The fraction of sp³-hybridized carbons (Fsp3) is 0.565. The Morgan fingerprint density at radius 2 is 2.00 bits per heavy atom. The van der Waals surface area contributed by atoms with Crippen molar-refractivity contribution >= 4 is 12.3 Å². The lowest BCUT2D eigenvalue weighted by molar-refractivity contribution is -0.151. The maximum atomic E-state index is 11.8. The summed E-state index contributed by atoms with van der Waals surface area (Å²) in [4.78, 5) is 23.5. The van der Waals surface area contributed by atoms with Crippen LogP contribution in [0, 0.1) is 5.41 Å². The second kappa shape index (κ2) is 8.39. The molecule has 3 aliphatic rings. The first-order valence-corrected chi connectivity index (χ1v) is 10.0. The molecule has 0 aliphatic heterocycles. The van der Waals surface area contributed by atoms with Gasteiger partial charge in [0.15, 0.2) is 0 Å². The number of rotatable bonds is 2. The Kier molecular flexibility index (Phi) is 6.15. The minimum atomic E-state index is -0.395. The van der Waals surface area contributed by atoms with Crippen molar-refractivity contribution in [3.05, 3.63) is 47.0 Å². The molecule has 4 atom stereocenters. The summed E-state index contributed by atoms with van der Waals surface area (Å²) in [6.07, 6.45) is 10.4. The summed E-state index contributed by atoms with van der Waals surface area (Å²) < 4.78 is 5.69. The number of ether oxygens (including phenoxy) is 1. The molecular weight excluding hydrogens is 340 g/mol. The molecule has 0 heterocycles. The zero-order valence-electron chi connectivity index (χ0n) is 16.3. The number of esters is 1. The Balaban J connectivity index is 2.02. The molecule has 4 rings (SSSR count). The number of carbonyl (C=O) groups excluding carboxylic acids is 2. The lowest BCUT2D eigenvalue weighted by atomic mass is 9.70. The van der Waals surface area contributed by atoms with Gasteiger partial charge in [-0.2, -0.15) is 0 Å². The topological polar surface area (TPSA) is 63.6 Å². The number of benzene rings is 1. The summed E-state index contributed by atoms with van der Waals surface area (Å²) in [5.74, 6) is -0.0610. The molecule has 146 valence electrons. The van der Waals surface area contributed by atoms with Gasteiger partial charge in [0.25, 0.3) is 0 Å². The quantitative estimate of drug-likeness (QED) is 0.478. The van der Waals surface area contributed by atoms with E-state index in [9.17, 15) is 14.7 Å². The van der Waals surface area contributed by atoms with Gasteiger partial charge in [0.1, 0.15) is 12.4 Å². The maximum Gasteiger partial charge on any atom is 0.302 e. The van der Waals surface area contributed by atoms with E-state index in [0.29, 0.717) is 18.4 Å². The van der Waals surface area contributed by atoms with Crippen molar-refractivity contribution in [1.29, 1.82) is 0 Å². The Labute approximate surface area is 161 Å². The first-order valence-electron chi connectivity index (χ1n) is 10.0. The SMILES string of the molecule is CC(=O)O[C@H]1CC[C@H]2c3ccc(cc3C=O)C[C@@H](O)CC/C=C\CC[C@]12C. The molecule has 4 nitrogen and oxygen atoms in total. The Bertz CT molecular complexity index is 723. The van der Waals surface area contributed by atoms with Gasteiger partial charge in [-0.15, -0.1) is 0 Å². The normalized spacial score (nSPS) is 32.3. The molecule has 1 saturated carbocycles. The van der Waals surface area contributed by atoms with E-state index >= 15 is 0 Å². The van der Waals surface area contributed by atoms with Gasteiger partial charge < -0.3 is 9.84 Å². The van der Waals surface area contributed by atoms with Crippen LogP contribution in [0.25, 0.3) is 0 Å². The average molecular weight is 370 g/mol. The minimum absolute atomic E-state index is 0.123. The summed E-state index contributed by atoms with van der Waals surface area (Å²) in [6, 6.07) is 6.01. The minimum Gasteiger partial charge on any atom is -0.462 e. The number of hydrogen-bond donors (Lipinski definition) is 1. The second-order valence-corrected chi connectivity index (χ2v) is 8.26. The Morgan fingerprint density at radius 1 is 1.22 bits per heavy atom. The lowest BCUT2D eigenvalue weighted by Crippen LogP contribution is -2.35. The molecule has 0 radical (unpaired) electrons. The number of aliphatic hydroxyl groups is 1. The van der Waals surface area contributed by atoms with Crippen LogP contribution in [-0.4, -0.2) is 29.6 Å². The van der Waals surface area contributed by atoms with Crippen molar-refractivity contribution in [2.45, 2.75) is 76.9 Å². The van der Waals surface area contributed by atoms with Crippen LogP contribution in [0.3, 0.4) is 0 Å². The summed E-state index contributed by atoms with van der Waals surface area (Å²) in [6.45, 7) is 3.67. The van der Waals surface area contributed by atoms with Crippen LogP contribution in [0.4, 0.5) is 0 Å². The van der Waals surface area contributed by atoms with Gasteiger partial charge in [-0.3, -0.25) is 9.59 Å². The monoisotopic (exact) mass is 370 g/mol. The third-order valence-electron chi connectivity index (χ3n) is 6.37. The highest BCUT2D eigenvalue weighted by atomic mass is 16.5. The van der Waals surface area contributed by atoms with Crippen molar-refractivity contribution in [2.24, 2.45) is 5.41 Å². The van der Waals surface area contributed by atoms with Crippen LogP contribution in [0.5, 0.6) is 0 Å². The van der Waals surface area contributed by atoms with Crippen molar-refractivity contribution < 1.29 is 19.4 Å². The predicted octanol–water partition coefficient (Wildman–Crippen LogP) is 4.35. The molecule has 2 bridgehead atoms. The van der Waals surface area contributed by atoms with Gasteiger partial charge in [0.05, 0.1) is 6.10 Å². The molecule has 0 saturated heterocycles. The molecule has 4 heteroatoms. The smallest absolute Gasteiger partial charge is 0.302 e. The lowest BCUT2D eigenvalue weighted by Gasteiger charge is -2.37. The Morgan fingerprint density at radius 3 is 2.74 bits per heavy atom. The number of carbonyl (C=O) groups is 2. The van der Waals surface area contributed by atoms with E-state index in [4.69, 9.17) is 4.74 Å². The highest BCUT2D eigenvalue weighted by molar-refractivity contribution is 5.78. The summed E-state index contributed by atoms with van der Waals surface area (Å²) in [5, 5.41) is 10.2. The van der Waals surface area contributed by atoms with Gasteiger partial charge in [-0.05, 0) is 68.1 Å². The van der Waals surface area contributed by atoms with Gasteiger partial charge in [-0.25, -0.2) is 0 Å². The summed E-state index contributed by atoms with van der Waals surface area (Å²) in [5.41, 5.74) is 2.54. The molecule has 0 spiro atoms. The number of fused-ring (bicyclic) bond motifs is 8. The van der Waals surface area contributed by atoms with Crippen LogP contribution >= 0.6 is 0 Å². The van der Waals surface area contributed by atoms with Crippen LogP contribution < -0.4 is 0 Å². The van der Waals surface area contributed by atoms with E-state index in [1.807, 2.05) is 18.2 Å². The largest absolute Gasteiger partial charge is 0.462 e. The zero-order chi connectivity index (χ0) is 19.4. The van der Waals surface area contributed by atoms with E-state index in [0.717, 1.165) is 49.5 Å². The van der Waals surface area contributed by atoms with E-state index in [1.54, 1.807) is 0 Å². The number of aldehydes is 1. The Hall–Kier alpha value is -1.94. The summed E-state index contributed by atoms with van der Waals surface area (Å²) >= 11 is 0. The predicted molar refractivity (Wildman–Crippen MR) is 105 cm³/mol. The van der Waals surface area contributed by atoms with Crippen molar-refractivity contribution in [3.63, 3.8) is 0 Å². The van der Waals surface area contributed by atoms with Gasteiger partial charge in [0.2, 0.25) is 0 Å². The first kappa shape index (κ1) is 19.8.